The average molecular weight is 269 g/mol. The van der Waals surface area contributed by atoms with Crippen molar-refractivity contribution in [2.75, 3.05) is 33.5 Å². The molecule has 0 fully saturated rings. The topological polar surface area (TPSA) is 48.3 Å². The zero-order valence-electron chi connectivity index (χ0n) is 12.6. The van der Waals surface area contributed by atoms with Crippen molar-refractivity contribution >= 4 is 0 Å². The van der Waals surface area contributed by atoms with Crippen molar-refractivity contribution in [3.8, 4) is 0 Å². The lowest BCUT2D eigenvalue weighted by Crippen LogP contribution is -2.35. The van der Waals surface area contributed by atoms with Gasteiger partial charge in [0.05, 0.1) is 25.5 Å². The van der Waals surface area contributed by atoms with E-state index in [1.807, 2.05) is 10.9 Å². The van der Waals surface area contributed by atoms with Gasteiger partial charge in [-0.2, -0.15) is 5.10 Å². The Balaban J connectivity index is 2.42. The maximum Gasteiger partial charge on any atom is 0.0701 e. The minimum Gasteiger partial charge on any atom is -0.382 e. The van der Waals surface area contributed by atoms with Crippen molar-refractivity contribution in [1.29, 1.82) is 0 Å². The number of nitrogens with zero attached hydrogens (tertiary/aromatic N) is 2. The normalized spacial score (nSPS) is 13.1. The number of hydrogen-bond donors (Lipinski definition) is 1. The van der Waals surface area contributed by atoms with Gasteiger partial charge in [-0.05, 0) is 26.5 Å². The Labute approximate surface area is 116 Å². The predicted molar refractivity (Wildman–Crippen MR) is 76.5 cm³/mol. The fourth-order valence-electron chi connectivity index (χ4n) is 1.87. The molecule has 0 saturated heterocycles. The number of hydrogen-bond acceptors (Lipinski definition) is 4. The molecule has 19 heavy (non-hydrogen) atoms. The van der Waals surface area contributed by atoms with Crippen LogP contribution in [-0.4, -0.2) is 49.3 Å². The molecular weight excluding hydrogens is 242 g/mol. The summed E-state index contributed by atoms with van der Waals surface area (Å²) < 4.78 is 12.6. The fraction of sp³-hybridized carbons (Fsp3) is 0.786. The van der Waals surface area contributed by atoms with E-state index in [9.17, 15) is 0 Å². The third-order valence-corrected chi connectivity index (χ3v) is 2.89. The van der Waals surface area contributed by atoms with Gasteiger partial charge in [0.1, 0.15) is 0 Å². The van der Waals surface area contributed by atoms with Crippen LogP contribution in [0.15, 0.2) is 12.3 Å². The molecular formula is C14H27N3O2. The number of rotatable bonds is 10. The summed E-state index contributed by atoms with van der Waals surface area (Å²) in [6, 6.07) is 2.79. The molecule has 0 amide bonds. The average Bonchev–Trinajstić information content (AvgIpc) is 2.83. The third-order valence-electron chi connectivity index (χ3n) is 2.89. The highest BCUT2D eigenvalue weighted by atomic mass is 16.5. The summed E-state index contributed by atoms with van der Waals surface area (Å²) in [6.45, 7) is 9.27. The van der Waals surface area contributed by atoms with E-state index in [1.54, 1.807) is 7.11 Å². The Morgan fingerprint density at radius 1 is 1.37 bits per heavy atom. The Kier molecular flexibility index (Phi) is 7.70. The molecule has 1 atom stereocenters. The van der Waals surface area contributed by atoms with Crippen molar-refractivity contribution < 1.29 is 9.47 Å². The van der Waals surface area contributed by atoms with Crippen LogP contribution in [0.25, 0.3) is 0 Å². The van der Waals surface area contributed by atoms with E-state index < -0.39 is 0 Å². The van der Waals surface area contributed by atoms with Gasteiger partial charge < -0.3 is 14.8 Å². The van der Waals surface area contributed by atoms with Crippen LogP contribution in [0.4, 0.5) is 0 Å². The van der Waals surface area contributed by atoms with Crippen LogP contribution >= 0.6 is 0 Å². The van der Waals surface area contributed by atoms with E-state index in [0.717, 1.165) is 18.7 Å². The molecule has 0 spiro atoms. The molecule has 1 N–H and O–H groups in total. The first-order chi connectivity index (χ1) is 9.17. The lowest BCUT2D eigenvalue weighted by molar-refractivity contribution is 0.0588. The second-order valence-corrected chi connectivity index (χ2v) is 4.91. The van der Waals surface area contributed by atoms with E-state index in [0.29, 0.717) is 31.9 Å². The zero-order valence-corrected chi connectivity index (χ0v) is 12.6. The molecule has 0 saturated carbocycles. The van der Waals surface area contributed by atoms with Gasteiger partial charge in [0.15, 0.2) is 0 Å². The largest absolute Gasteiger partial charge is 0.382 e. The van der Waals surface area contributed by atoms with E-state index in [2.05, 4.69) is 37.3 Å². The zero-order chi connectivity index (χ0) is 14.1. The van der Waals surface area contributed by atoms with Gasteiger partial charge >= 0.3 is 0 Å². The maximum absolute atomic E-state index is 5.59. The first-order valence-corrected chi connectivity index (χ1v) is 7.01. The van der Waals surface area contributed by atoms with Crippen LogP contribution < -0.4 is 5.32 Å². The van der Waals surface area contributed by atoms with Gasteiger partial charge in [-0.25, -0.2) is 0 Å². The Morgan fingerprint density at radius 2 is 2.16 bits per heavy atom. The standard InChI is InChI=1S/C14H27N3O2/c1-5-15-14(11-19-9-8-18-4)10-13-6-7-17(16-13)12(2)3/h6-7,12,14-15H,5,8-11H2,1-4H3. The molecule has 5 nitrogen and oxygen atoms in total. The molecule has 0 aliphatic carbocycles. The highest BCUT2D eigenvalue weighted by molar-refractivity contribution is 5.02. The van der Waals surface area contributed by atoms with Gasteiger partial charge in [-0.15, -0.1) is 0 Å². The summed E-state index contributed by atoms with van der Waals surface area (Å²) in [5.74, 6) is 0. The molecule has 1 heterocycles. The SMILES string of the molecule is CCNC(COCCOC)Cc1ccn(C(C)C)n1. The summed E-state index contributed by atoms with van der Waals surface area (Å²) in [6.07, 6.45) is 2.93. The fourth-order valence-corrected chi connectivity index (χ4v) is 1.87. The number of methoxy groups -OCH3 is 1. The van der Waals surface area contributed by atoms with Crippen molar-refractivity contribution in [2.24, 2.45) is 0 Å². The van der Waals surface area contributed by atoms with E-state index >= 15 is 0 Å². The summed E-state index contributed by atoms with van der Waals surface area (Å²) >= 11 is 0. The maximum atomic E-state index is 5.59. The molecule has 1 unspecified atom stereocenters. The molecule has 1 aromatic heterocycles. The van der Waals surface area contributed by atoms with Gasteiger partial charge in [0.2, 0.25) is 0 Å². The minimum absolute atomic E-state index is 0.303. The smallest absolute Gasteiger partial charge is 0.0701 e. The second-order valence-electron chi connectivity index (χ2n) is 4.91. The molecule has 0 bridgehead atoms. The monoisotopic (exact) mass is 269 g/mol. The Bertz CT molecular complexity index is 339. The lowest BCUT2D eigenvalue weighted by Gasteiger charge is -2.17. The van der Waals surface area contributed by atoms with Crippen molar-refractivity contribution in [3.63, 3.8) is 0 Å². The van der Waals surface area contributed by atoms with Crippen LogP contribution in [-0.2, 0) is 15.9 Å². The summed E-state index contributed by atoms with van der Waals surface area (Å²) in [5.41, 5.74) is 1.11. The van der Waals surface area contributed by atoms with E-state index in [1.165, 1.54) is 0 Å². The molecule has 0 radical (unpaired) electrons. The summed E-state index contributed by atoms with van der Waals surface area (Å²) in [5, 5.41) is 8.00. The van der Waals surface area contributed by atoms with Gasteiger partial charge in [0, 0.05) is 31.8 Å². The van der Waals surface area contributed by atoms with Crippen molar-refractivity contribution in [2.45, 2.75) is 39.3 Å². The quantitative estimate of drug-likeness (QED) is 0.656. The second kappa shape index (κ2) is 9.07. The van der Waals surface area contributed by atoms with Gasteiger partial charge in [-0.3, -0.25) is 4.68 Å². The highest BCUT2D eigenvalue weighted by Gasteiger charge is 2.11. The number of nitrogens with one attached hydrogen (secondary N) is 1. The van der Waals surface area contributed by atoms with Crippen LogP contribution in [0.1, 0.15) is 32.5 Å². The number of aromatic nitrogens is 2. The van der Waals surface area contributed by atoms with Crippen LogP contribution in [0.5, 0.6) is 0 Å². The molecule has 1 rings (SSSR count). The Morgan fingerprint density at radius 3 is 2.74 bits per heavy atom. The molecule has 0 aromatic carbocycles. The number of ether oxygens (including phenoxy) is 2. The first-order valence-electron chi connectivity index (χ1n) is 7.01. The van der Waals surface area contributed by atoms with Crippen LogP contribution in [0.3, 0.4) is 0 Å². The highest BCUT2D eigenvalue weighted by Crippen LogP contribution is 2.06. The predicted octanol–water partition coefficient (Wildman–Crippen LogP) is 1.65. The van der Waals surface area contributed by atoms with Crippen molar-refractivity contribution in [3.05, 3.63) is 18.0 Å². The molecule has 0 aliphatic heterocycles. The number of likely N-dealkylation sites (N-methyl/N-ethyl adjacent to an activating group) is 1. The first kappa shape index (κ1) is 16.1. The summed E-state index contributed by atoms with van der Waals surface area (Å²) in [4.78, 5) is 0. The Hall–Kier alpha value is -0.910. The van der Waals surface area contributed by atoms with Crippen LogP contribution in [0, 0.1) is 0 Å². The van der Waals surface area contributed by atoms with Crippen LogP contribution in [0.2, 0.25) is 0 Å². The molecule has 1 aromatic rings. The van der Waals surface area contributed by atoms with Gasteiger partial charge in [0.25, 0.3) is 0 Å². The molecule has 110 valence electrons. The van der Waals surface area contributed by atoms with Gasteiger partial charge in [-0.1, -0.05) is 6.92 Å². The third kappa shape index (κ3) is 6.18. The van der Waals surface area contributed by atoms with Crippen molar-refractivity contribution in [1.82, 2.24) is 15.1 Å². The molecule has 5 heteroatoms. The minimum atomic E-state index is 0.303. The summed E-state index contributed by atoms with van der Waals surface area (Å²) in [7, 11) is 1.68. The molecule has 0 aliphatic rings. The lowest BCUT2D eigenvalue weighted by atomic mass is 10.1. The van der Waals surface area contributed by atoms with E-state index in [4.69, 9.17) is 9.47 Å². The van der Waals surface area contributed by atoms with E-state index in [-0.39, 0.29) is 0 Å².